The Morgan fingerprint density at radius 2 is 0.982 bits per heavy atom. The lowest BCUT2D eigenvalue weighted by Gasteiger charge is -2.34. The second-order valence-electron chi connectivity index (χ2n) is 15.0. The van der Waals surface area contributed by atoms with Gasteiger partial charge in [0.1, 0.15) is 0 Å². The van der Waals surface area contributed by atoms with E-state index in [2.05, 4.69) is 188 Å². The molecule has 3 aromatic heterocycles. The van der Waals surface area contributed by atoms with Crippen LogP contribution in [0, 0.1) is 0 Å². The summed E-state index contributed by atoms with van der Waals surface area (Å²) in [6, 6.07) is 70.1. The lowest BCUT2D eigenvalue weighted by atomic mass is 9.67. The van der Waals surface area contributed by atoms with Crippen molar-refractivity contribution in [2.75, 3.05) is 0 Å². The summed E-state index contributed by atoms with van der Waals surface area (Å²) in [6.45, 7) is 0. The number of benzene rings is 8. The van der Waals surface area contributed by atoms with Gasteiger partial charge in [0.2, 0.25) is 0 Å². The van der Waals surface area contributed by atoms with Crippen LogP contribution in [0.25, 0.3) is 87.9 Å². The van der Waals surface area contributed by atoms with Crippen molar-refractivity contribution in [1.29, 1.82) is 0 Å². The van der Waals surface area contributed by atoms with Crippen molar-refractivity contribution in [2.24, 2.45) is 0 Å². The topological polar surface area (TPSA) is 38.7 Å². The number of hydrogen-bond donors (Lipinski definition) is 0. The molecule has 3 nitrogen and oxygen atoms in total. The van der Waals surface area contributed by atoms with Gasteiger partial charge in [-0.05, 0) is 67.7 Å². The predicted octanol–water partition coefficient (Wildman–Crippen LogP) is 13.3. The van der Waals surface area contributed by atoms with E-state index < -0.39 is 5.41 Å². The van der Waals surface area contributed by atoms with Crippen molar-refractivity contribution in [3.05, 3.63) is 223 Å². The molecule has 0 saturated heterocycles. The van der Waals surface area contributed by atoms with Gasteiger partial charge < -0.3 is 0 Å². The van der Waals surface area contributed by atoms with Crippen LogP contribution in [0.2, 0.25) is 0 Å². The molecule has 3 heteroatoms. The Bertz CT molecular complexity index is 3370. The minimum atomic E-state index is -0.479. The maximum atomic E-state index is 5.62. The molecule has 11 aromatic rings. The third-order valence-corrected chi connectivity index (χ3v) is 12.2. The Labute approximate surface area is 329 Å². The lowest BCUT2D eigenvalue weighted by molar-refractivity contribution is 0.769. The molecule has 57 heavy (non-hydrogen) atoms. The molecule has 0 atom stereocenters. The number of fused-ring (bicyclic) bond motifs is 11. The first kappa shape index (κ1) is 31.8. The van der Waals surface area contributed by atoms with Crippen molar-refractivity contribution in [3.63, 3.8) is 0 Å². The van der Waals surface area contributed by atoms with E-state index >= 15 is 0 Å². The van der Waals surface area contributed by atoms with Crippen LogP contribution in [0.4, 0.5) is 0 Å². The highest BCUT2D eigenvalue weighted by Crippen LogP contribution is 2.58. The largest absolute Gasteiger partial charge is 0.254 e. The van der Waals surface area contributed by atoms with Crippen molar-refractivity contribution in [3.8, 4) is 33.6 Å². The fourth-order valence-electron chi connectivity index (χ4n) is 9.80. The highest BCUT2D eigenvalue weighted by Gasteiger charge is 2.46. The van der Waals surface area contributed by atoms with Crippen LogP contribution in [0.3, 0.4) is 0 Å². The molecule has 0 saturated carbocycles. The third kappa shape index (κ3) is 4.51. The second kappa shape index (κ2) is 12.3. The summed E-state index contributed by atoms with van der Waals surface area (Å²) in [4.78, 5) is 15.6. The van der Waals surface area contributed by atoms with E-state index in [-0.39, 0.29) is 0 Å². The van der Waals surface area contributed by atoms with Crippen LogP contribution < -0.4 is 0 Å². The fraction of sp³-hybridized carbons (Fsp3) is 0.0185. The molecule has 0 radical (unpaired) electrons. The van der Waals surface area contributed by atoms with Gasteiger partial charge in [0, 0.05) is 38.9 Å². The summed E-state index contributed by atoms with van der Waals surface area (Å²) in [7, 11) is 0. The molecule has 264 valence electrons. The molecular weight excluding hydrogens is 691 g/mol. The minimum Gasteiger partial charge on any atom is -0.254 e. The third-order valence-electron chi connectivity index (χ3n) is 12.2. The Hall–Kier alpha value is -7.49. The normalized spacial score (nSPS) is 13.1. The van der Waals surface area contributed by atoms with E-state index in [9.17, 15) is 0 Å². The zero-order valence-corrected chi connectivity index (χ0v) is 30.9. The molecular formula is C54H33N3. The van der Waals surface area contributed by atoms with Gasteiger partial charge in [-0.25, -0.2) is 9.97 Å². The molecule has 0 bridgehead atoms. The average molecular weight is 724 g/mol. The molecule has 0 amide bonds. The lowest BCUT2D eigenvalue weighted by Crippen LogP contribution is -2.28. The quantitative estimate of drug-likeness (QED) is 0.170. The van der Waals surface area contributed by atoms with Gasteiger partial charge in [-0.15, -0.1) is 0 Å². The molecule has 0 N–H and O–H groups in total. The highest BCUT2D eigenvalue weighted by atomic mass is 14.8. The van der Waals surface area contributed by atoms with E-state index in [1.807, 2.05) is 12.3 Å². The number of pyridine rings is 3. The molecule has 0 aliphatic heterocycles. The molecule has 12 rings (SSSR count). The summed E-state index contributed by atoms with van der Waals surface area (Å²) >= 11 is 0. The number of hydrogen-bond acceptors (Lipinski definition) is 3. The molecule has 8 aromatic carbocycles. The van der Waals surface area contributed by atoms with E-state index in [0.717, 1.165) is 66.0 Å². The van der Waals surface area contributed by atoms with Gasteiger partial charge in [-0.2, -0.15) is 0 Å². The van der Waals surface area contributed by atoms with Crippen LogP contribution in [0.5, 0.6) is 0 Å². The zero-order valence-electron chi connectivity index (χ0n) is 30.9. The van der Waals surface area contributed by atoms with Gasteiger partial charge in [-0.3, -0.25) is 4.98 Å². The van der Waals surface area contributed by atoms with E-state index in [1.54, 1.807) is 0 Å². The van der Waals surface area contributed by atoms with Crippen LogP contribution >= 0.6 is 0 Å². The summed E-state index contributed by atoms with van der Waals surface area (Å²) in [5.74, 6) is 0. The fourth-order valence-corrected chi connectivity index (χ4v) is 9.80. The SMILES string of the molecule is c1ccc(C2(c3ccccc3)c3ccccc3-c3c2ccc2nc(-c4cccc5c(-c6ccc7ccc8cccnc8c7n6)cccc45)c4ccccc4c32)cc1. The van der Waals surface area contributed by atoms with Crippen LogP contribution in [0.1, 0.15) is 22.3 Å². The summed E-state index contributed by atoms with van der Waals surface area (Å²) < 4.78 is 0. The average Bonchev–Trinajstić information content (AvgIpc) is 3.60. The van der Waals surface area contributed by atoms with Gasteiger partial charge in [0.25, 0.3) is 0 Å². The number of aromatic nitrogens is 3. The maximum absolute atomic E-state index is 5.62. The summed E-state index contributed by atoms with van der Waals surface area (Å²) in [5, 5.41) is 7.97. The molecule has 0 unspecified atom stereocenters. The van der Waals surface area contributed by atoms with Crippen molar-refractivity contribution >= 4 is 54.3 Å². The number of nitrogens with zero attached hydrogens (tertiary/aromatic N) is 3. The Morgan fingerprint density at radius 3 is 1.77 bits per heavy atom. The van der Waals surface area contributed by atoms with Crippen LogP contribution in [0.15, 0.2) is 200 Å². The van der Waals surface area contributed by atoms with E-state index in [0.29, 0.717) is 0 Å². The number of rotatable bonds is 4. The van der Waals surface area contributed by atoms with Crippen molar-refractivity contribution < 1.29 is 0 Å². The molecule has 1 aliphatic rings. The second-order valence-corrected chi connectivity index (χ2v) is 15.0. The van der Waals surface area contributed by atoms with Crippen molar-refractivity contribution in [2.45, 2.75) is 5.41 Å². The smallest absolute Gasteiger partial charge is 0.0972 e. The van der Waals surface area contributed by atoms with Crippen LogP contribution in [-0.2, 0) is 5.41 Å². The Morgan fingerprint density at radius 1 is 0.368 bits per heavy atom. The molecule has 1 aliphatic carbocycles. The Balaban J connectivity index is 1.11. The predicted molar refractivity (Wildman–Crippen MR) is 236 cm³/mol. The van der Waals surface area contributed by atoms with Gasteiger partial charge in [0.05, 0.1) is 33.4 Å². The van der Waals surface area contributed by atoms with Gasteiger partial charge in [0.15, 0.2) is 0 Å². The highest BCUT2D eigenvalue weighted by molar-refractivity contribution is 6.20. The first-order chi connectivity index (χ1) is 28.3. The minimum absolute atomic E-state index is 0.479. The van der Waals surface area contributed by atoms with E-state index in [1.165, 1.54) is 44.2 Å². The van der Waals surface area contributed by atoms with Crippen LogP contribution in [-0.4, -0.2) is 15.0 Å². The van der Waals surface area contributed by atoms with Crippen molar-refractivity contribution in [1.82, 2.24) is 15.0 Å². The molecule has 0 fully saturated rings. The van der Waals surface area contributed by atoms with E-state index in [4.69, 9.17) is 15.0 Å². The maximum Gasteiger partial charge on any atom is 0.0972 e. The molecule has 3 heterocycles. The monoisotopic (exact) mass is 723 g/mol. The first-order valence-electron chi connectivity index (χ1n) is 19.5. The first-order valence-corrected chi connectivity index (χ1v) is 19.5. The van der Waals surface area contributed by atoms with Gasteiger partial charge >= 0.3 is 0 Å². The summed E-state index contributed by atoms with van der Waals surface area (Å²) in [5.41, 5.74) is 14.0. The zero-order chi connectivity index (χ0) is 37.5. The summed E-state index contributed by atoms with van der Waals surface area (Å²) in [6.07, 6.45) is 1.84. The van der Waals surface area contributed by atoms with Gasteiger partial charge in [-0.1, -0.05) is 176 Å². The Kier molecular flexibility index (Phi) is 6.84. The molecule has 0 spiro atoms. The standard InChI is InChI=1S/C54H33N3/c1-3-15-36(16-4-1)54(37-17-5-2-6-18-37)45-26-10-9-21-44(45)49-46(54)30-32-48-50(49)41-19-7-8-20-43(41)53(57-48)42-25-12-22-38-39(42)23-11-24-40(38)47-31-29-35-28-27-34-14-13-33-55-51(34)52(35)56-47/h1-33H.